The fraction of sp³-hybridized carbons (Fsp3) is 0.250. The molecule has 0 bridgehead atoms. The van der Waals surface area contributed by atoms with E-state index in [0.29, 0.717) is 30.3 Å². The number of anilines is 4. The number of carbonyl (C=O) groups excluding carboxylic acids is 2. The molecule has 0 spiro atoms. The molecule has 3 aromatic rings. The molecule has 11 nitrogen and oxygen atoms in total. The van der Waals surface area contributed by atoms with Crippen molar-refractivity contribution in [1.29, 1.82) is 5.26 Å². The normalized spacial score (nSPS) is 17.0. The third-order valence-electron chi connectivity index (χ3n) is 5.45. The highest BCUT2D eigenvalue weighted by Gasteiger charge is 2.28. The second-order valence-electron chi connectivity index (χ2n) is 7.86. The summed E-state index contributed by atoms with van der Waals surface area (Å²) in [5, 5.41) is 21.4. The van der Waals surface area contributed by atoms with E-state index in [-0.39, 0.29) is 23.2 Å². The number of piperidine rings is 1. The monoisotopic (exact) mass is 472 g/mol. The topological polar surface area (TPSA) is 154 Å². The van der Waals surface area contributed by atoms with Crippen LogP contribution < -0.4 is 21.3 Å². The minimum absolute atomic E-state index is 0.0730. The van der Waals surface area contributed by atoms with Gasteiger partial charge in [-0.1, -0.05) is 18.2 Å². The summed E-state index contributed by atoms with van der Waals surface area (Å²) in [6, 6.07) is 12.4. The van der Waals surface area contributed by atoms with E-state index in [0.717, 1.165) is 12.1 Å². The van der Waals surface area contributed by atoms with E-state index >= 15 is 0 Å². The number of hydrogen-bond acceptors (Lipinski definition) is 10. The predicted molar refractivity (Wildman–Crippen MR) is 129 cm³/mol. The number of rotatable bonds is 7. The predicted octanol–water partition coefficient (Wildman–Crippen LogP) is 2.44. The number of benzene rings is 1. The van der Waals surface area contributed by atoms with Gasteiger partial charge in [-0.2, -0.15) is 5.26 Å². The van der Waals surface area contributed by atoms with Crippen LogP contribution in [0.25, 0.3) is 0 Å². The molecule has 2 aromatic heterocycles. The minimum atomic E-state index is -0.531. The zero-order valence-corrected chi connectivity index (χ0v) is 19.0. The molecular formula is C24H24N8O3. The van der Waals surface area contributed by atoms with Crippen molar-refractivity contribution in [2.24, 2.45) is 0 Å². The summed E-state index contributed by atoms with van der Waals surface area (Å²) in [7, 11) is 1.30. The maximum Gasteiger partial charge on any atom is 0.341 e. The van der Waals surface area contributed by atoms with Crippen molar-refractivity contribution in [2.45, 2.75) is 24.9 Å². The Balaban J connectivity index is 1.48. The van der Waals surface area contributed by atoms with E-state index in [1.165, 1.54) is 25.7 Å². The second kappa shape index (κ2) is 11.0. The van der Waals surface area contributed by atoms with Gasteiger partial charge in [-0.15, -0.1) is 0 Å². The number of pyridine rings is 1. The fourth-order valence-corrected chi connectivity index (χ4v) is 3.72. The number of amides is 1. The van der Waals surface area contributed by atoms with Crippen molar-refractivity contribution < 1.29 is 14.3 Å². The van der Waals surface area contributed by atoms with Crippen LogP contribution in [0.1, 0.15) is 28.9 Å². The van der Waals surface area contributed by atoms with Crippen molar-refractivity contribution in [3.63, 3.8) is 0 Å². The van der Waals surface area contributed by atoms with Gasteiger partial charge in [0, 0.05) is 24.0 Å². The average molecular weight is 473 g/mol. The van der Waals surface area contributed by atoms with Gasteiger partial charge in [-0.3, -0.25) is 4.79 Å². The number of methoxy groups -OCH3 is 1. The Hall–Kier alpha value is -4.56. The summed E-state index contributed by atoms with van der Waals surface area (Å²) in [6.45, 7) is 0.634. The Bertz CT molecular complexity index is 1230. The third kappa shape index (κ3) is 6.07. The summed E-state index contributed by atoms with van der Waals surface area (Å²) in [5.41, 5.74) is 1.72. The zero-order chi connectivity index (χ0) is 24.6. The Morgan fingerprint density at radius 1 is 1.11 bits per heavy atom. The smallest absolute Gasteiger partial charge is 0.341 e. The highest BCUT2D eigenvalue weighted by molar-refractivity contribution is 5.96. The quantitative estimate of drug-likeness (QED) is 0.377. The number of nitrogens with zero attached hydrogens (tertiary/aromatic N) is 4. The SMILES string of the molecule is COC(=O)c1cnc(Nc2cnc(C#N)cn2)cc1N[C@H]1CCN[C@H](C(=O)Nc2ccccc2)C1. The lowest BCUT2D eigenvalue weighted by atomic mass is 9.98. The molecule has 1 fully saturated rings. The molecule has 3 heterocycles. The molecule has 178 valence electrons. The van der Waals surface area contributed by atoms with Crippen molar-refractivity contribution in [3.8, 4) is 6.07 Å². The van der Waals surface area contributed by atoms with E-state index in [1.54, 1.807) is 6.07 Å². The van der Waals surface area contributed by atoms with E-state index in [2.05, 4.69) is 36.2 Å². The molecule has 1 aliphatic heterocycles. The first-order valence-corrected chi connectivity index (χ1v) is 11.0. The summed E-state index contributed by atoms with van der Waals surface area (Å²) < 4.78 is 4.91. The molecule has 11 heteroatoms. The highest BCUT2D eigenvalue weighted by Crippen LogP contribution is 2.25. The summed E-state index contributed by atoms with van der Waals surface area (Å²) >= 11 is 0. The van der Waals surface area contributed by atoms with Crippen LogP contribution in [-0.4, -0.2) is 52.6 Å². The van der Waals surface area contributed by atoms with Crippen molar-refractivity contribution in [3.05, 3.63) is 66.2 Å². The van der Waals surface area contributed by atoms with Crippen LogP contribution in [0.3, 0.4) is 0 Å². The molecular weight excluding hydrogens is 448 g/mol. The average Bonchev–Trinajstić information content (AvgIpc) is 2.89. The first kappa shape index (κ1) is 23.6. The summed E-state index contributed by atoms with van der Waals surface area (Å²) in [4.78, 5) is 37.5. The van der Waals surface area contributed by atoms with Crippen LogP contribution >= 0.6 is 0 Å². The second-order valence-corrected chi connectivity index (χ2v) is 7.86. The fourth-order valence-electron chi connectivity index (χ4n) is 3.72. The van der Waals surface area contributed by atoms with Crippen LogP contribution in [0.4, 0.5) is 23.0 Å². The molecule has 1 aromatic carbocycles. The molecule has 2 atom stereocenters. The van der Waals surface area contributed by atoms with Crippen molar-refractivity contribution >= 4 is 34.9 Å². The van der Waals surface area contributed by atoms with Gasteiger partial charge in [-0.25, -0.2) is 19.7 Å². The molecule has 1 amide bonds. The van der Waals surface area contributed by atoms with Gasteiger partial charge < -0.3 is 26.0 Å². The first-order chi connectivity index (χ1) is 17.1. The number of esters is 1. The van der Waals surface area contributed by atoms with Gasteiger partial charge in [0.2, 0.25) is 5.91 Å². The van der Waals surface area contributed by atoms with E-state index in [9.17, 15) is 9.59 Å². The molecule has 0 aliphatic carbocycles. The van der Waals surface area contributed by atoms with Gasteiger partial charge in [0.1, 0.15) is 23.3 Å². The van der Waals surface area contributed by atoms with Crippen LogP contribution in [0.5, 0.6) is 0 Å². The lowest BCUT2D eigenvalue weighted by Crippen LogP contribution is -2.49. The highest BCUT2D eigenvalue weighted by atomic mass is 16.5. The first-order valence-electron chi connectivity index (χ1n) is 11.0. The molecule has 4 rings (SSSR count). The molecule has 35 heavy (non-hydrogen) atoms. The lowest BCUT2D eigenvalue weighted by molar-refractivity contribution is -0.118. The van der Waals surface area contributed by atoms with Gasteiger partial charge >= 0.3 is 5.97 Å². The number of ether oxygens (including phenoxy) is 1. The largest absolute Gasteiger partial charge is 0.465 e. The van der Waals surface area contributed by atoms with Gasteiger partial charge in [0.15, 0.2) is 5.69 Å². The number of aromatic nitrogens is 3. The summed E-state index contributed by atoms with van der Waals surface area (Å²) in [5.74, 6) is 0.170. The van der Waals surface area contributed by atoms with Gasteiger partial charge in [0.25, 0.3) is 0 Å². The third-order valence-corrected chi connectivity index (χ3v) is 5.45. The van der Waals surface area contributed by atoms with Crippen LogP contribution in [0.15, 0.2) is 55.0 Å². The summed E-state index contributed by atoms with van der Waals surface area (Å²) in [6.07, 6.45) is 5.45. The van der Waals surface area contributed by atoms with E-state index < -0.39 is 12.0 Å². The molecule has 1 saturated heterocycles. The number of nitrogens with one attached hydrogen (secondary N) is 4. The number of para-hydroxylation sites is 1. The van der Waals surface area contributed by atoms with Crippen molar-refractivity contribution in [1.82, 2.24) is 20.3 Å². The number of nitriles is 1. The molecule has 4 N–H and O–H groups in total. The van der Waals surface area contributed by atoms with Crippen molar-refractivity contribution in [2.75, 3.05) is 29.6 Å². The minimum Gasteiger partial charge on any atom is -0.465 e. The maximum atomic E-state index is 12.8. The Kier molecular flexibility index (Phi) is 7.44. The van der Waals surface area contributed by atoms with Gasteiger partial charge in [-0.05, 0) is 31.5 Å². The van der Waals surface area contributed by atoms with Crippen LogP contribution in [0, 0.1) is 11.3 Å². The Labute approximate surface area is 202 Å². The molecule has 0 radical (unpaired) electrons. The zero-order valence-electron chi connectivity index (χ0n) is 19.0. The Morgan fingerprint density at radius 2 is 1.91 bits per heavy atom. The van der Waals surface area contributed by atoms with Gasteiger partial charge in [0.05, 0.1) is 31.2 Å². The van der Waals surface area contributed by atoms with Crippen LogP contribution in [-0.2, 0) is 9.53 Å². The lowest BCUT2D eigenvalue weighted by Gasteiger charge is -2.31. The molecule has 1 aliphatic rings. The molecule has 0 saturated carbocycles. The number of carbonyl (C=O) groups is 2. The van der Waals surface area contributed by atoms with E-state index in [4.69, 9.17) is 10.00 Å². The van der Waals surface area contributed by atoms with E-state index in [1.807, 2.05) is 36.4 Å². The molecule has 0 unspecified atom stereocenters. The Morgan fingerprint density at radius 3 is 2.63 bits per heavy atom. The number of hydrogen-bond donors (Lipinski definition) is 4. The maximum absolute atomic E-state index is 12.8. The standard InChI is InChI=1S/C24H24N8O3/c1-35-24(34)18-13-29-21(32-22-14-27-17(11-25)12-28-22)10-19(18)30-16-7-8-26-20(9-16)23(33)31-15-5-3-2-4-6-15/h2-6,10,12-14,16,20,26H,7-9H2,1H3,(H,31,33)(H2,28,29,30,32)/t16-,20-/m0/s1. The van der Waals surface area contributed by atoms with Crippen LogP contribution in [0.2, 0.25) is 0 Å².